The van der Waals surface area contributed by atoms with Crippen LogP contribution in [0.25, 0.3) is 0 Å². The summed E-state index contributed by atoms with van der Waals surface area (Å²) in [6, 6.07) is 0.569. The van der Waals surface area contributed by atoms with Crippen molar-refractivity contribution in [3.05, 3.63) is 0 Å². The van der Waals surface area contributed by atoms with Crippen molar-refractivity contribution in [3.63, 3.8) is 0 Å². The van der Waals surface area contributed by atoms with Crippen LogP contribution in [0.15, 0.2) is 0 Å². The molecule has 0 aromatic heterocycles. The highest BCUT2D eigenvalue weighted by Gasteiger charge is 2.24. The molecule has 0 spiro atoms. The molecule has 1 unspecified atom stereocenters. The Balaban J connectivity index is 2.25. The van der Waals surface area contributed by atoms with E-state index in [1.165, 1.54) is 0 Å². The first-order chi connectivity index (χ1) is 6.63. The molecule has 1 aliphatic rings. The van der Waals surface area contributed by atoms with Gasteiger partial charge >= 0.3 is 6.03 Å². The van der Waals surface area contributed by atoms with Gasteiger partial charge in [-0.25, -0.2) is 4.79 Å². The Morgan fingerprint density at radius 3 is 2.57 bits per heavy atom. The summed E-state index contributed by atoms with van der Waals surface area (Å²) >= 11 is 0. The lowest BCUT2D eigenvalue weighted by Gasteiger charge is -2.21. The monoisotopic (exact) mass is 199 g/mol. The molecule has 4 heteroatoms. The van der Waals surface area contributed by atoms with Crippen LogP contribution < -0.4 is 16.4 Å². The zero-order valence-corrected chi connectivity index (χ0v) is 9.05. The number of nitrogens with one attached hydrogen (secondary N) is 2. The lowest BCUT2D eigenvalue weighted by Crippen LogP contribution is -2.45. The summed E-state index contributed by atoms with van der Waals surface area (Å²) in [7, 11) is 0. The summed E-state index contributed by atoms with van der Waals surface area (Å²) in [6.07, 6.45) is 3.09. The second kappa shape index (κ2) is 5.20. The van der Waals surface area contributed by atoms with E-state index in [2.05, 4.69) is 24.5 Å². The van der Waals surface area contributed by atoms with Crippen LogP contribution in [0.2, 0.25) is 0 Å². The molecule has 2 amide bonds. The van der Waals surface area contributed by atoms with Crippen LogP contribution in [-0.4, -0.2) is 24.7 Å². The molecule has 0 saturated heterocycles. The third-order valence-electron chi connectivity index (χ3n) is 2.51. The van der Waals surface area contributed by atoms with E-state index in [1.54, 1.807) is 0 Å². The van der Waals surface area contributed by atoms with Gasteiger partial charge in [-0.15, -0.1) is 0 Å². The molecular weight excluding hydrogens is 178 g/mol. The van der Waals surface area contributed by atoms with Gasteiger partial charge in [0.1, 0.15) is 0 Å². The van der Waals surface area contributed by atoms with E-state index >= 15 is 0 Å². The maximum Gasteiger partial charge on any atom is 0.315 e. The van der Waals surface area contributed by atoms with Crippen molar-refractivity contribution < 1.29 is 4.79 Å². The maximum absolute atomic E-state index is 11.4. The molecule has 82 valence electrons. The number of carbonyl (C=O) groups excluding carboxylic acids is 1. The lowest BCUT2D eigenvalue weighted by molar-refractivity contribution is 0.231. The molecule has 1 rings (SSSR count). The van der Waals surface area contributed by atoms with Crippen LogP contribution in [0.3, 0.4) is 0 Å². The fourth-order valence-electron chi connectivity index (χ4n) is 1.37. The highest BCUT2D eigenvalue weighted by Crippen LogP contribution is 2.18. The zero-order valence-electron chi connectivity index (χ0n) is 9.05. The molecule has 0 aromatic rings. The fraction of sp³-hybridized carbons (Fsp3) is 0.900. The largest absolute Gasteiger partial charge is 0.335 e. The first-order valence-electron chi connectivity index (χ1n) is 5.40. The van der Waals surface area contributed by atoms with E-state index in [0.29, 0.717) is 18.5 Å². The normalized spacial score (nSPS) is 18.0. The molecule has 0 heterocycles. The van der Waals surface area contributed by atoms with Crippen LogP contribution in [0.1, 0.15) is 33.1 Å². The van der Waals surface area contributed by atoms with Crippen molar-refractivity contribution in [1.82, 2.24) is 10.6 Å². The first kappa shape index (κ1) is 11.3. The van der Waals surface area contributed by atoms with Gasteiger partial charge in [-0.2, -0.15) is 0 Å². The van der Waals surface area contributed by atoms with E-state index in [1.807, 2.05) is 0 Å². The van der Waals surface area contributed by atoms with Crippen molar-refractivity contribution in [2.75, 3.05) is 6.54 Å². The van der Waals surface area contributed by atoms with Gasteiger partial charge in [-0.3, -0.25) is 0 Å². The SMILES string of the molecule is CC(C)C(CCN)NC(=O)NC1CC1. The van der Waals surface area contributed by atoms with Gasteiger partial charge in [0.25, 0.3) is 0 Å². The number of rotatable bonds is 5. The van der Waals surface area contributed by atoms with Crippen LogP contribution in [-0.2, 0) is 0 Å². The molecule has 0 aromatic carbocycles. The Morgan fingerprint density at radius 2 is 2.14 bits per heavy atom. The summed E-state index contributed by atoms with van der Waals surface area (Å²) in [5, 5.41) is 5.87. The van der Waals surface area contributed by atoms with Crippen molar-refractivity contribution in [2.45, 2.75) is 45.2 Å². The summed E-state index contributed by atoms with van der Waals surface area (Å²) < 4.78 is 0. The quantitative estimate of drug-likeness (QED) is 0.613. The van der Waals surface area contributed by atoms with Gasteiger partial charge in [0, 0.05) is 12.1 Å². The average Bonchev–Trinajstić information content (AvgIpc) is 2.87. The molecule has 14 heavy (non-hydrogen) atoms. The predicted molar refractivity (Wildman–Crippen MR) is 57.0 cm³/mol. The molecule has 0 radical (unpaired) electrons. The third kappa shape index (κ3) is 3.96. The Kier molecular flexibility index (Phi) is 4.20. The molecular formula is C10H21N3O. The van der Waals surface area contributed by atoms with Gasteiger partial charge in [0.15, 0.2) is 0 Å². The highest BCUT2D eigenvalue weighted by molar-refractivity contribution is 5.74. The van der Waals surface area contributed by atoms with Gasteiger partial charge in [-0.05, 0) is 31.7 Å². The Bertz CT molecular complexity index is 190. The minimum absolute atomic E-state index is 0.0420. The second-order valence-corrected chi connectivity index (χ2v) is 4.32. The molecule has 1 saturated carbocycles. The molecule has 1 fully saturated rings. The van der Waals surface area contributed by atoms with Crippen LogP contribution in [0.5, 0.6) is 0 Å². The molecule has 4 nitrogen and oxygen atoms in total. The smallest absolute Gasteiger partial charge is 0.315 e. The minimum Gasteiger partial charge on any atom is -0.335 e. The Morgan fingerprint density at radius 1 is 1.50 bits per heavy atom. The van der Waals surface area contributed by atoms with Crippen molar-refractivity contribution in [3.8, 4) is 0 Å². The number of nitrogens with two attached hydrogens (primary N) is 1. The topological polar surface area (TPSA) is 67.1 Å². The van der Waals surface area contributed by atoms with Crippen molar-refractivity contribution >= 4 is 6.03 Å². The highest BCUT2D eigenvalue weighted by atomic mass is 16.2. The summed E-state index contributed by atoms with van der Waals surface area (Å²) in [5.41, 5.74) is 5.48. The van der Waals surface area contributed by atoms with E-state index in [0.717, 1.165) is 19.3 Å². The van der Waals surface area contributed by atoms with Gasteiger partial charge < -0.3 is 16.4 Å². The molecule has 0 bridgehead atoms. The average molecular weight is 199 g/mol. The van der Waals surface area contributed by atoms with Crippen LogP contribution in [0, 0.1) is 5.92 Å². The Hall–Kier alpha value is -0.770. The molecule has 0 aliphatic heterocycles. The third-order valence-corrected chi connectivity index (χ3v) is 2.51. The van der Waals surface area contributed by atoms with Gasteiger partial charge in [0.2, 0.25) is 0 Å². The van der Waals surface area contributed by atoms with Gasteiger partial charge in [0.05, 0.1) is 0 Å². The first-order valence-corrected chi connectivity index (χ1v) is 5.40. The summed E-state index contributed by atoms with van der Waals surface area (Å²) in [6.45, 7) is 4.81. The van der Waals surface area contributed by atoms with E-state index < -0.39 is 0 Å². The van der Waals surface area contributed by atoms with Crippen molar-refractivity contribution in [1.29, 1.82) is 0 Å². The molecule has 1 aliphatic carbocycles. The fourth-order valence-corrected chi connectivity index (χ4v) is 1.37. The van der Waals surface area contributed by atoms with Crippen LogP contribution >= 0.6 is 0 Å². The number of urea groups is 1. The standard InChI is InChI=1S/C10H21N3O/c1-7(2)9(5-6-11)13-10(14)12-8-3-4-8/h7-9H,3-6,11H2,1-2H3,(H2,12,13,14). The van der Waals surface area contributed by atoms with E-state index in [-0.39, 0.29) is 12.1 Å². The van der Waals surface area contributed by atoms with E-state index in [4.69, 9.17) is 5.73 Å². The van der Waals surface area contributed by atoms with Gasteiger partial charge in [-0.1, -0.05) is 13.8 Å². The minimum atomic E-state index is -0.0420. The predicted octanol–water partition coefficient (Wildman–Crippen LogP) is 0.821. The second-order valence-electron chi connectivity index (χ2n) is 4.32. The summed E-state index contributed by atoms with van der Waals surface area (Å²) in [4.78, 5) is 11.4. The maximum atomic E-state index is 11.4. The number of amides is 2. The van der Waals surface area contributed by atoms with Crippen LogP contribution in [0.4, 0.5) is 4.79 Å². The molecule has 1 atom stereocenters. The number of carbonyl (C=O) groups is 1. The molecule has 4 N–H and O–H groups in total. The zero-order chi connectivity index (χ0) is 10.6. The Labute approximate surface area is 85.6 Å². The van der Waals surface area contributed by atoms with E-state index in [9.17, 15) is 4.79 Å². The number of hydrogen-bond donors (Lipinski definition) is 3. The number of hydrogen-bond acceptors (Lipinski definition) is 2. The lowest BCUT2D eigenvalue weighted by atomic mass is 10.0. The van der Waals surface area contributed by atoms with Crippen molar-refractivity contribution in [2.24, 2.45) is 11.7 Å². The summed E-state index contributed by atoms with van der Waals surface area (Å²) in [5.74, 6) is 0.434.